The zero-order valence-electron chi connectivity index (χ0n) is 12.4. The molecule has 1 heterocycles. The van der Waals surface area contributed by atoms with Crippen LogP contribution in [0.2, 0.25) is 0 Å². The SMILES string of the molecule is CN1CCCC(O)(C2(CN)Cc3ccccc3C2)CC1. The van der Waals surface area contributed by atoms with Gasteiger partial charge in [0.25, 0.3) is 0 Å². The van der Waals surface area contributed by atoms with Crippen LogP contribution in [0.3, 0.4) is 0 Å². The van der Waals surface area contributed by atoms with Crippen LogP contribution < -0.4 is 5.73 Å². The van der Waals surface area contributed by atoms with Gasteiger partial charge in [-0.25, -0.2) is 0 Å². The zero-order chi connectivity index (χ0) is 14.2. The molecule has 0 bridgehead atoms. The van der Waals surface area contributed by atoms with Crippen LogP contribution in [0.4, 0.5) is 0 Å². The third-order valence-electron chi connectivity index (χ3n) is 5.59. The Morgan fingerprint density at radius 2 is 1.80 bits per heavy atom. The minimum atomic E-state index is -0.620. The van der Waals surface area contributed by atoms with Crippen LogP contribution in [-0.4, -0.2) is 42.3 Å². The van der Waals surface area contributed by atoms with Gasteiger partial charge in [0.15, 0.2) is 0 Å². The topological polar surface area (TPSA) is 49.5 Å². The Kier molecular flexibility index (Phi) is 3.61. The predicted octanol–water partition coefficient (Wildman–Crippen LogP) is 1.58. The highest BCUT2D eigenvalue weighted by Gasteiger charge is 2.52. The quantitative estimate of drug-likeness (QED) is 0.861. The fourth-order valence-corrected chi connectivity index (χ4v) is 4.14. The Morgan fingerprint density at radius 1 is 1.15 bits per heavy atom. The Balaban J connectivity index is 1.90. The Labute approximate surface area is 121 Å². The van der Waals surface area contributed by atoms with Gasteiger partial charge in [0.2, 0.25) is 0 Å². The molecule has 1 saturated heterocycles. The maximum Gasteiger partial charge on any atom is 0.0734 e. The summed E-state index contributed by atoms with van der Waals surface area (Å²) in [4.78, 5) is 2.32. The maximum atomic E-state index is 11.4. The molecular formula is C17H26N2O. The fourth-order valence-electron chi connectivity index (χ4n) is 4.14. The van der Waals surface area contributed by atoms with Crippen LogP contribution >= 0.6 is 0 Å². The van der Waals surface area contributed by atoms with Crippen LogP contribution in [0.15, 0.2) is 24.3 Å². The van der Waals surface area contributed by atoms with Crippen LogP contribution in [0.5, 0.6) is 0 Å². The van der Waals surface area contributed by atoms with Crippen molar-refractivity contribution in [2.75, 3.05) is 26.7 Å². The molecule has 0 spiro atoms. The van der Waals surface area contributed by atoms with E-state index >= 15 is 0 Å². The monoisotopic (exact) mass is 274 g/mol. The molecular weight excluding hydrogens is 248 g/mol. The van der Waals surface area contributed by atoms with E-state index in [1.54, 1.807) is 0 Å². The number of nitrogens with two attached hydrogens (primary N) is 1. The lowest BCUT2D eigenvalue weighted by Crippen LogP contribution is -2.54. The fraction of sp³-hybridized carbons (Fsp3) is 0.647. The summed E-state index contributed by atoms with van der Waals surface area (Å²) in [6.07, 6.45) is 4.64. The largest absolute Gasteiger partial charge is 0.389 e. The molecule has 3 rings (SSSR count). The van der Waals surface area contributed by atoms with E-state index in [1.165, 1.54) is 11.1 Å². The maximum absolute atomic E-state index is 11.4. The summed E-state index contributed by atoms with van der Waals surface area (Å²) in [5, 5.41) is 11.4. The smallest absolute Gasteiger partial charge is 0.0734 e. The van der Waals surface area contributed by atoms with Crippen molar-refractivity contribution in [1.82, 2.24) is 4.90 Å². The molecule has 0 saturated carbocycles. The highest BCUT2D eigenvalue weighted by atomic mass is 16.3. The van der Waals surface area contributed by atoms with E-state index in [0.29, 0.717) is 6.54 Å². The van der Waals surface area contributed by atoms with Crippen LogP contribution in [0, 0.1) is 5.41 Å². The van der Waals surface area contributed by atoms with Crippen LogP contribution in [0.25, 0.3) is 0 Å². The first-order chi connectivity index (χ1) is 9.59. The summed E-state index contributed by atoms with van der Waals surface area (Å²) < 4.78 is 0. The molecule has 3 N–H and O–H groups in total. The summed E-state index contributed by atoms with van der Waals surface area (Å²) in [7, 11) is 2.14. The molecule has 0 amide bonds. The van der Waals surface area contributed by atoms with Crippen molar-refractivity contribution >= 4 is 0 Å². The average molecular weight is 274 g/mol. The number of hydrogen-bond acceptors (Lipinski definition) is 3. The molecule has 2 aliphatic rings. The number of benzene rings is 1. The molecule has 1 unspecified atom stereocenters. The third-order valence-corrected chi connectivity index (χ3v) is 5.59. The summed E-state index contributed by atoms with van der Waals surface area (Å²) in [6.45, 7) is 2.62. The van der Waals surface area contributed by atoms with Crippen LogP contribution in [0.1, 0.15) is 30.4 Å². The van der Waals surface area contributed by atoms with Gasteiger partial charge < -0.3 is 15.7 Å². The first-order valence-corrected chi connectivity index (χ1v) is 7.76. The summed E-state index contributed by atoms with van der Waals surface area (Å²) in [5.74, 6) is 0. The van der Waals surface area contributed by atoms with Crippen molar-refractivity contribution in [2.24, 2.45) is 11.1 Å². The second-order valence-electron chi connectivity index (χ2n) is 6.80. The molecule has 1 aromatic carbocycles. The highest BCUT2D eigenvalue weighted by Crippen LogP contribution is 2.48. The van der Waals surface area contributed by atoms with Crippen molar-refractivity contribution in [1.29, 1.82) is 0 Å². The van der Waals surface area contributed by atoms with E-state index in [2.05, 4.69) is 36.2 Å². The van der Waals surface area contributed by atoms with Crippen molar-refractivity contribution in [3.8, 4) is 0 Å². The Bertz CT molecular complexity index is 463. The molecule has 0 aromatic heterocycles. The van der Waals surface area contributed by atoms with Gasteiger partial charge in [-0.3, -0.25) is 0 Å². The first-order valence-electron chi connectivity index (χ1n) is 7.76. The number of hydrogen-bond donors (Lipinski definition) is 2. The normalized spacial score (nSPS) is 29.9. The lowest BCUT2D eigenvalue weighted by molar-refractivity contribution is -0.0865. The highest BCUT2D eigenvalue weighted by molar-refractivity contribution is 5.36. The third kappa shape index (κ3) is 2.18. The minimum absolute atomic E-state index is 0.165. The van der Waals surface area contributed by atoms with Gasteiger partial charge in [0, 0.05) is 18.5 Å². The van der Waals surface area contributed by atoms with Gasteiger partial charge in [0.05, 0.1) is 5.60 Å². The lowest BCUT2D eigenvalue weighted by atomic mass is 9.66. The Morgan fingerprint density at radius 3 is 2.40 bits per heavy atom. The number of fused-ring (bicyclic) bond motifs is 1. The van der Waals surface area contributed by atoms with Gasteiger partial charge >= 0.3 is 0 Å². The molecule has 3 nitrogen and oxygen atoms in total. The molecule has 1 aliphatic heterocycles. The zero-order valence-corrected chi connectivity index (χ0v) is 12.4. The van der Waals surface area contributed by atoms with E-state index in [-0.39, 0.29) is 5.41 Å². The van der Waals surface area contributed by atoms with Gasteiger partial charge in [-0.2, -0.15) is 0 Å². The molecule has 1 aliphatic carbocycles. The summed E-state index contributed by atoms with van der Waals surface area (Å²) in [5.41, 5.74) is 8.15. The van der Waals surface area contributed by atoms with Crippen LogP contribution in [-0.2, 0) is 12.8 Å². The number of nitrogens with zero attached hydrogens (tertiary/aromatic N) is 1. The molecule has 20 heavy (non-hydrogen) atoms. The van der Waals surface area contributed by atoms with Crippen molar-refractivity contribution in [2.45, 2.75) is 37.7 Å². The summed E-state index contributed by atoms with van der Waals surface area (Å²) in [6, 6.07) is 8.57. The molecule has 3 heteroatoms. The molecule has 0 radical (unpaired) electrons. The second kappa shape index (κ2) is 5.14. The van der Waals surface area contributed by atoms with E-state index < -0.39 is 5.60 Å². The molecule has 1 fully saturated rings. The van der Waals surface area contributed by atoms with Crippen molar-refractivity contribution < 1.29 is 5.11 Å². The summed E-state index contributed by atoms with van der Waals surface area (Å²) >= 11 is 0. The minimum Gasteiger partial charge on any atom is -0.389 e. The van der Waals surface area contributed by atoms with Gasteiger partial charge in [-0.15, -0.1) is 0 Å². The lowest BCUT2D eigenvalue weighted by Gasteiger charge is -2.44. The Hall–Kier alpha value is -0.900. The first kappa shape index (κ1) is 14.1. The molecule has 1 atom stereocenters. The van der Waals surface area contributed by atoms with E-state index in [4.69, 9.17) is 5.73 Å². The van der Waals surface area contributed by atoms with E-state index in [1.807, 2.05) is 0 Å². The number of likely N-dealkylation sites (tertiary alicyclic amines) is 1. The van der Waals surface area contributed by atoms with E-state index in [0.717, 1.165) is 45.2 Å². The van der Waals surface area contributed by atoms with Gasteiger partial charge in [0.1, 0.15) is 0 Å². The second-order valence-corrected chi connectivity index (χ2v) is 6.80. The predicted molar refractivity (Wildman–Crippen MR) is 81.6 cm³/mol. The molecule has 110 valence electrons. The van der Waals surface area contributed by atoms with Gasteiger partial charge in [-0.05, 0) is 56.8 Å². The number of rotatable bonds is 2. The van der Waals surface area contributed by atoms with Crippen molar-refractivity contribution in [3.63, 3.8) is 0 Å². The average Bonchev–Trinajstić information content (AvgIpc) is 2.76. The molecule has 1 aromatic rings. The standard InChI is InChI=1S/C17H26N2O/c1-19-9-4-7-17(20,8-10-19)16(13-18)11-14-5-2-3-6-15(14)12-16/h2-3,5-6,20H,4,7-13,18H2,1H3. The van der Waals surface area contributed by atoms with Gasteiger partial charge in [-0.1, -0.05) is 24.3 Å². The number of aliphatic hydroxyl groups is 1. The van der Waals surface area contributed by atoms with E-state index in [9.17, 15) is 5.11 Å². The van der Waals surface area contributed by atoms with Crippen molar-refractivity contribution in [3.05, 3.63) is 35.4 Å².